The van der Waals surface area contributed by atoms with Gasteiger partial charge in [-0.2, -0.15) is 0 Å². The van der Waals surface area contributed by atoms with Gasteiger partial charge < -0.3 is 14.8 Å². The highest BCUT2D eigenvalue weighted by Gasteiger charge is 2.12. The second kappa shape index (κ2) is 10.3. The summed E-state index contributed by atoms with van der Waals surface area (Å²) >= 11 is 1.59. The molecule has 4 rings (SSSR count). The number of aromatic nitrogens is 1. The average molecular weight is 436 g/mol. The minimum absolute atomic E-state index is 0.186. The van der Waals surface area contributed by atoms with E-state index < -0.39 is 0 Å². The van der Waals surface area contributed by atoms with Gasteiger partial charge in [0.2, 0.25) is 5.91 Å². The van der Waals surface area contributed by atoms with Crippen molar-refractivity contribution in [2.45, 2.75) is 6.54 Å². The van der Waals surface area contributed by atoms with Gasteiger partial charge in [0.15, 0.2) is 0 Å². The van der Waals surface area contributed by atoms with Gasteiger partial charge in [-0.25, -0.2) is 0 Å². The molecule has 0 bridgehead atoms. The molecule has 1 amide bonds. The Kier molecular flexibility index (Phi) is 7.09. The molecule has 7 heteroatoms. The predicted octanol–water partition coefficient (Wildman–Crippen LogP) is 4.30. The molecule has 1 aliphatic heterocycles. The quantitative estimate of drug-likeness (QED) is 0.561. The van der Waals surface area contributed by atoms with E-state index in [9.17, 15) is 4.79 Å². The number of nitrogens with zero attached hydrogens (tertiary/aromatic N) is 2. The highest BCUT2D eigenvalue weighted by molar-refractivity contribution is 7.14. The molecule has 0 aliphatic carbocycles. The number of benzene rings is 1. The molecule has 0 radical (unpaired) electrons. The minimum atomic E-state index is -0.186. The van der Waals surface area contributed by atoms with Gasteiger partial charge in [-0.3, -0.25) is 14.7 Å². The van der Waals surface area contributed by atoms with E-state index in [1.807, 2.05) is 29.6 Å². The molecule has 1 N–H and O–H groups in total. The molecule has 3 aromatic rings. The Bertz CT molecular complexity index is 1040. The topological polar surface area (TPSA) is 63.7 Å². The van der Waals surface area contributed by atoms with Crippen LogP contribution < -0.4 is 10.1 Å². The average Bonchev–Trinajstić information content (AvgIpc) is 3.29. The van der Waals surface area contributed by atoms with Crippen LogP contribution in [0.15, 0.2) is 60.2 Å². The standard InChI is InChI=1S/C24H25N3O3S/c1-29-22-9-15-31-24(22)21-8-10-25-16-19(21)4-7-23(28)26-20-5-2-18(3-6-20)17-27-11-13-30-14-12-27/h2-10,15-16H,11-14,17H2,1H3,(H,26,28). The number of anilines is 1. The second-order valence-electron chi connectivity index (χ2n) is 7.19. The first kappa shape index (κ1) is 21.2. The third kappa shape index (κ3) is 5.58. The Morgan fingerprint density at radius 2 is 2.03 bits per heavy atom. The smallest absolute Gasteiger partial charge is 0.248 e. The van der Waals surface area contributed by atoms with E-state index in [2.05, 4.69) is 27.3 Å². The fourth-order valence-corrected chi connectivity index (χ4v) is 4.37. The summed E-state index contributed by atoms with van der Waals surface area (Å²) in [5.41, 5.74) is 3.84. The van der Waals surface area contributed by atoms with Gasteiger partial charge in [-0.05, 0) is 41.3 Å². The summed E-state index contributed by atoms with van der Waals surface area (Å²) in [6, 6.07) is 11.8. The van der Waals surface area contributed by atoms with Gasteiger partial charge in [0.1, 0.15) is 5.75 Å². The highest BCUT2D eigenvalue weighted by Crippen LogP contribution is 2.37. The van der Waals surface area contributed by atoms with E-state index >= 15 is 0 Å². The van der Waals surface area contributed by atoms with Crippen LogP contribution in [0.4, 0.5) is 5.69 Å². The summed E-state index contributed by atoms with van der Waals surface area (Å²) in [7, 11) is 1.65. The van der Waals surface area contributed by atoms with Gasteiger partial charge >= 0.3 is 0 Å². The number of carbonyl (C=O) groups excluding carboxylic acids is 1. The number of thiophene rings is 1. The Hall–Kier alpha value is -3.00. The molecule has 0 saturated carbocycles. The molecule has 31 heavy (non-hydrogen) atoms. The number of hydrogen-bond donors (Lipinski definition) is 1. The highest BCUT2D eigenvalue weighted by atomic mass is 32.1. The first-order valence-corrected chi connectivity index (χ1v) is 11.0. The Morgan fingerprint density at radius 3 is 2.81 bits per heavy atom. The molecule has 1 aliphatic rings. The lowest BCUT2D eigenvalue weighted by Crippen LogP contribution is -2.35. The summed E-state index contributed by atoms with van der Waals surface area (Å²) in [4.78, 5) is 20.0. The van der Waals surface area contributed by atoms with E-state index in [0.717, 1.165) is 60.3 Å². The first-order valence-electron chi connectivity index (χ1n) is 10.2. The normalized spacial score (nSPS) is 14.6. The molecule has 1 saturated heterocycles. The van der Waals surface area contributed by atoms with Crippen molar-refractivity contribution in [3.8, 4) is 16.2 Å². The number of pyridine rings is 1. The zero-order valence-electron chi connectivity index (χ0n) is 17.4. The van der Waals surface area contributed by atoms with Crippen molar-refractivity contribution in [1.82, 2.24) is 9.88 Å². The summed E-state index contributed by atoms with van der Waals surface area (Å²) in [5.74, 6) is 0.626. The van der Waals surface area contributed by atoms with Crippen LogP contribution in [0.2, 0.25) is 0 Å². The van der Waals surface area contributed by atoms with E-state index in [1.54, 1.807) is 36.9 Å². The zero-order valence-corrected chi connectivity index (χ0v) is 18.2. The Balaban J connectivity index is 1.39. The van der Waals surface area contributed by atoms with Crippen molar-refractivity contribution in [2.24, 2.45) is 0 Å². The molecule has 3 heterocycles. The van der Waals surface area contributed by atoms with Crippen molar-refractivity contribution in [1.29, 1.82) is 0 Å². The maximum atomic E-state index is 12.4. The first-order chi connectivity index (χ1) is 15.2. The van der Waals surface area contributed by atoms with Crippen LogP contribution in [0.5, 0.6) is 5.75 Å². The molecule has 2 aromatic heterocycles. The number of morpholine rings is 1. The number of methoxy groups -OCH3 is 1. The predicted molar refractivity (Wildman–Crippen MR) is 124 cm³/mol. The van der Waals surface area contributed by atoms with E-state index in [4.69, 9.17) is 9.47 Å². The van der Waals surface area contributed by atoms with Crippen LogP contribution in [0, 0.1) is 0 Å². The van der Waals surface area contributed by atoms with Crippen molar-refractivity contribution < 1.29 is 14.3 Å². The van der Waals surface area contributed by atoms with Gasteiger partial charge in [0.25, 0.3) is 0 Å². The molecule has 0 atom stereocenters. The Labute approximate surface area is 186 Å². The fraction of sp³-hybridized carbons (Fsp3) is 0.250. The largest absolute Gasteiger partial charge is 0.495 e. The van der Waals surface area contributed by atoms with Crippen molar-refractivity contribution in [2.75, 3.05) is 38.7 Å². The SMILES string of the molecule is COc1ccsc1-c1ccncc1C=CC(=O)Nc1ccc(CN2CCOCC2)cc1. The summed E-state index contributed by atoms with van der Waals surface area (Å²) in [6.45, 7) is 4.39. The number of carbonyl (C=O) groups is 1. The zero-order chi connectivity index (χ0) is 21.5. The Morgan fingerprint density at radius 1 is 1.23 bits per heavy atom. The molecule has 0 unspecified atom stereocenters. The summed E-state index contributed by atoms with van der Waals surface area (Å²) < 4.78 is 10.8. The third-order valence-corrected chi connectivity index (χ3v) is 6.02. The fourth-order valence-electron chi connectivity index (χ4n) is 3.46. The van der Waals surface area contributed by atoms with Gasteiger partial charge in [0, 0.05) is 54.9 Å². The number of amides is 1. The lowest BCUT2D eigenvalue weighted by Gasteiger charge is -2.26. The number of hydrogen-bond acceptors (Lipinski definition) is 6. The van der Waals surface area contributed by atoms with Crippen LogP contribution in [0.1, 0.15) is 11.1 Å². The lowest BCUT2D eigenvalue weighted by molar-refractivity contribution is -0.111. The molecule has 160 valence electrons. The molecule has 1 fully saturated rings. The maximum absolute atomic E-state index is 12.4. The van der Waals surface area contributed by atoms with Gasteiger partial charge in [0.05, 0.1) is 25.2 Å². The molecule has 0 spiro atoms. The van der Waals surface area contributed by atoms with E-state index in [-0.39, 0.29) is 5.91 Å². The third-order valence-electron chi connectivity index (χ3n) is 5.09. The van der Waals surface area contributed by atoms with Crippen LogP contribution in [0.25, 0.3) is 16.5 Å². The minimum Gasteiger partial charge on any atom is -0.495 e. The number of nitrogens with one attached hydrogen (secondary N) is 1. The van der Waals surface area contributed by atoms with E-state index in [0.29, 0.717) is 0 Å². The van der Waals surface area contributed by atoms with Crippen LogP contribution >= 0.6 is 11.3 Å². The number of rotatable bonds is 7. The van der Waals surface area contributed by atoms with Gasteiger partial charge in [-0.15, -0.1) is 11.3 Å². The summed E-state index contributed by atoms with van der Waals surface area (Å²) in [6.07, 6.45) is 6.80. The monoisotopic (exact) mass is 435 g/mol. The molecular weight excluding hydrogens is 410 g/mol. The maximum Gasteiger partial charge on any atom is 0.248 e. The van der Waals surface area contributed by atoms with Crippen LogP contribution in [-0.4, -0.2) is 49.2 Å². The molecule has 6 nitrogen and oxygen atoms in total. The van der Waals surface area contributed by atoms with Crippen molar-refractivity contribution in [3.05, 3.63) is 71.4 Å². The van der Waals surface area contributed by atoms with Crippen LogP contribution in [0.3, 0.4) is 0 Å². The van der Waals surface area contributed by atoms with Crippen molar-refractivity contribution >= 4 is 29.0 Å². The van der Waals surface area contributed by atoms with Crippen molar-refractivity contribution in [3.63, 3.8) is 0 Å². The van der Waals surface area contributed by atoms with Crippen LogP contribution in [-0.2, 0) is 16.1 Å². The second-order valence-corrected chi connectivity index (χ2v) is 8.11. The van der Waals surface area contributed by atoms with Gasteiger partial charge in [-0.1, -0.05) is 12.1 Å². The number of ether oxygens (including phenoxy) is 2. The molecular formula is C24H25N3O3S. The lowest BCUT2D eigenvalue weighted by atomic mass is 10.1. The summed E-state index contributed by atoms with van der Waals surface area (Å²) in [5, 5.41) is 4.90. The molecule has 1 aromatic carbocycles. The van der Waals surface area contributed by atoms with E-state index in [1.165, 1.54) is 11.6 Å².